The lowest BCUT2D eigenvalue weighted by molar-refractivity contribution is -0.112. The van der Waals surface area contributed by atoms with E-state index in [4.69, 9.17) is 6.42 Å². The van der Waals surface area contributed by atoms with Gasteiger partial charge in [0, 0.05) is 0 Å². The molecule has 0 atom stereocenters. The first-order chi connectivity index (χ1) is 3.12. The molecule has 0 aliphatic heterocycles. The summed E-state index contributed by atoms with van der Waals surface area (Å²) in [6.45, 7) is 3.39. The lowest BCUT2D eigenvalue weighted by Crippen LogP contribution is -2.07. The molecule has 1 nitrogen and oxygen atoms in total. The molecule has 0 radical (unpaired) electrons. The molecule has 38 valence electrons. The van der Waals surface area contributed by atoms with Crippen LogP contribution in [-0.2, 0) is 4.79 Å². The molecule has 0 saturated heterocycles. The van der Waals surface area contributed by atoms with Crippen molar-refractivity contribution in [1.29, 1.82) is 0 Å². The van der Waals surface area contributed by atoms with E-state index < -0.39 is 5.41 Å². The van der Waals surface area contributed by atoms with Crippen molar-refractivity contribution in [1.82, 2.24) is 0 Å². The largest absolute Gasteiger partial charge is 0.302 e. The zero-order valence-corrected chi connectivity index (χ0v) is 4.56. The average Bonchev–Trinajstić information content (AvgIpc) is 1.68. The molecule has 0 aromatic rings. The molecule has 0 aromatic carbocycles. The summed E-state index contributed by atoms with van der Waals surface area (Å²) in [4.78, 5) is 9.92. The molecule has 0 unspecified atom stereocenters. The van der Waals surface area contributed by atoms with Gasteiger partial charge in [-0.05, 0) is 13.8 Å². The van der Waals surface area contributed by atoms with Gasteiger partial charge in [-0.2, -0.15) is 0 Å². The highest BCUT2D eigenvalue weighted by Crippen LogP contribution is 2.05. The molecule has 0 amide bonds. The fourth-order valence-corrected chi connectivity index (χ4v) is 0.0340. The minimum atomic E-state index is -0.569. The topological polar surface area (TPSA) is 17.1 Å². The van der Waals surface area contributed by atoms with Crippen LogP contribution >= 0.6 is 0 Å². The van der Waals surface area contributed by atoms with Crippen LogP contribution in [0.3, 0.4) is 0 Å². The van der Waals surface area contributed by atoms with E-state index in [1.807, 2.05) is 0 Å². The van der Waals surface area contributed by atoms with Crippen molar-refractivity contribution in [2.75, 3.05) is 0 Å². The molecule has 1 heteroatoms. The second-order valence-electron chi connectivity index (χ2n) is 1.98. The molecule has 0 N–H and O–H groups in total. The zero-order valence-electron chi connectivity index (χ0n) is 4.56. The van der Waals surface area contributed by atoms with Crippen molar-refractivity contribution < 1.29 is 4.79 Å². The lowest BCUT2D eigenvalue weighted by atomic mass is 9.98. The van der Waals surface area contributed by atoms with E-state index in [1.54, 1.807) is 13.8 Å². The van der Waals surface area contributed by atoms with E-state index in [9.17, 15) is 4.79 Å². The molecule has 0 spiro atoms. The van der Waals surface area contributed by atoms with Crippen LogP contribution in [0.1, 0.15) is 13.8 Å². The number of carbonyl (C=O) groups is 1. The van der Waals surface area contributed by atoms with Crippen LogP contribution < -0.4 is 0 Å². The summed E-state index contributed by atoms with van der Waals surface area (Å²) in [6.07, 6.45) is 5.69. The molecule has 0 rings (SSSR count). The Morgan fingerprint density at radius 1 is 1.71 bits per heavy atom. The highest BCUT2D eigenvalue weighted by Gasteiger charge is 2.09. The van der Waals surface area contributed by atoms with Crippen LogP contribution in [0, 0.1) is 17.8 Å². The Kier molecular flexibility index (Phi) is 1.59. The molecular formula is C6H8O. The first-order valence-corrected chi connectivity index (χ1v) is 2.06. The Hall–Kier alpha value is -0.770. The van der Waals surface area contributed by atoms with Gasteiger partial charge in [-0.3, -0.25) is 0 Å². The summed E-state index contributed by atoms with van der Waals surface area (Å²) in [5.41, 5.74) is -0.569. The van der Waals surface area contributed by atoms with E-state index in [0.717, 1.165) is 6.29 Å². The predicted octanol–water partition coefficient (Wildman–Crippen LogP) is 0.845. The standard InChI is InChI=1S/C6H8O/c1-4-6(2,3)5-7/h1,5H,2-3H3. The summed E-state index contributed by atoms with van der Waals surface area (Å²) < 4.78 is 0. The highest BCUT2D eigenvalue weighted by atomic mass is 16.1. The van der Waals surface area contributed by atoms with E-state index in [-0.39, 0.29) is 0 Å². The van der Waals surface area contributed by atoms with Gasteiger partial charge >= 0.3 is 0 Å². The first-order valence-electron chi connectivity index (χ1n) is 2.06. The van der Waals surface area contributed by atoms with Crippen LogP contribution in [0.2, 0.25) is 0 Å². The zero-order chi connectivity index (χ0) is 5.91. The quantitative estimate of drug-likeness (QED) is 0.349. The minimum absolute atomic E-state index is 0.569. The van der Waals surface area contributed by atoms with Gasteiger partial charge < -0.3 is 4.79 Å². The Labute approximate surface area is 43.7 Å². The third-order valence-corrected chi connectivity index (χ3v) is 0.667. The molecular weight excluding hydrogens is 88.1 g/mol. The summed E-state index contributed by atoms with van der Waals surface area (Å²) in [7, 11) is 0. The van der Waals surface area contributed by atoms with Crippen LogP contribution in [0.4, 0.5) is 0 Å². The molecule has 0 aliphatic carbocycles. The summed E-state index contributed by atoms with van der Waals surface area (Å²) in [5, 5.41) is 0. The number of hydrogen-bond acceptors (Lipinski definition) is 1. The maximum absolute atomic E-state index is 9.92. The molecule has 0 aliphatic rings. The average molecular weight is 96.1 g/mol. The smallest absolute Gasteiger partial charge is 0.137 e. The molecule has 0 fully saturated rings. The number of carbonyl (C=O) groups excluding carboxylic acids is 1. The maximum atomic E-state index is 9.92. The second kappa shape index (κ2) is 1.79. The number of rotatable bonds is 1. The third-order valence-electron chi connectivity index (χ3n) is 0.667. The van der Waals surface area contributed by atoms with Crippen molar-refractivity contribution in [2.45, 2.75) is 13.8 Å². The number of hydrogen-bond donors (Lipinski definition) is 0. The summed E-state index contributed by atoms with van der Waals surface area (Å²) >= 11 is 0. The van der Waals surface area contributed by atoms with Crippen molar-refractivity contribution in [3.05, 3.63) is 0 Å². The Balaban J connectivity index is 3.91. The van der Waals surface area contributed by atoms with Crippen LogP contribution in [0.5, 0.6) is 0 Å². The normalized spacial score (nSPS) is 9.86. The van der Waals surface area contributed by atoms with Crippen molar-refractivity contribution in [2.24, 2.45) is 5.41 Å². The van der Waals surface area contributed by atoms with Crippen molar-refractivity contribution >= 4 is 6.29 Å². The van der Waals surface area contributed by atoms with E-state index >= 15 is 0 Å². The molecule has 0 bridgehead atoms. The van der Waals surface area contributed by atoms with Gasteiger partial charge in [0.1, 0.15) is 6.29 Å². The fraction of sp³-hybridized carbons (Fsp3) is 0.500. The highest BCUT2D eigenvalue weighted by molar-refractivity contribution is 5.62. The Morgan fingerprint density at radius 2 is 2.14 bits per heavy atom. The van der Waals surface area contributed by atoms with Gasteiger partial charge in [0.2, 0.25) is 0 Å². The number of aldehydes is 1. The first kappa shape index (κ1) is 6.23. The van der Waals surface area contributed by atoms with Gasteiger partial charge in [0.05, 0.1) is 5.41 Å². The summed E-state index contributed by atoms with van der Waals surface area (Å²) in [6, 6.07) is 0. The van der Waals surface area contributed by atoms with Crippen LogP contribution in [0.15, 0.2) is 0 Å². The van der Waals surface area contributed by atoms with Gasteiger partial charge in [-0.25, -0.2) is 0 Å². The maximum Gasteiger partial charge on any atom is 0.137 e. The van der Waals surface area contributed by atoms with Gasteiger partial charge in [0.25, 0.3) is 0 Å². The molecule has 0 saturated carbocycles. The minimum Gasteiger partial charge on any atom is -0.302 e. The molecule has 0 aromatic heterocycles. The SMILES string of the molecule is C#CC(C)(C)C=O. The Bertz CT molecular complexity index is 106. The lowest BCUT2D eigenvalue weighted by Gasteiger charge is -2.03. The number of terminal acetylenes is 1. The van der Waals surface area contributed by atoms with Crippen molar-refractivity contribution in [3.63, 3.8) is 0 Å². The molecule has 0 heterocycles. The van der Waals surface area contributed by atoms with Gasteiger partial charge in [0.15, 0.2) is 0 Å². The second-order valence-corrected chi connectivity index (χ2v) is 1.98. The van der Waals surface area contributed by atoms with E-state index in [0.29, 0.717) is 0 Å². The predicted molar refractivity (Wildman–Crippen MR) is 28.7 cm³/mol. The van der Waals surface area contributed by atoms with Gasteiger partial charge in [-0.15, -0.1) is 6.42 Å². The van der Waals surface area contributed by atoms with Crippen molar-refractivity contribution in [3.8, 4) is 12.3 Å². The van der Waals surface area contributed by atoms with Gasteiger partial charge in [-0.1, -0.05) is 5.92 Å². The summed E-state index contributed by atoms with van der Waals surface area (Å²) in [5.74, 6) is 2.32. The Morgan fingerprint density at radius 3 is 2.14 bits per heavy atom. The third kappa shape index (κ3) is 1.99. The van der Waals surface area contributed by atoms with Crippen LogP contribution in [0.25, 0.3) is 0 Å². The fourth-order valence-electron chi connectivity index (χ4n) is 0.0340. The van der Waals surface area contributed by atoms with E-state index in [2.05, 4.69) is 5.92 Å². The van der Waals surface area contributed by atoms with Crippen LogP contribution in [-0.4, -0.2) is 6.29 Å². The monoisotopic (exact) mass is 96.1 g/mol. The molecule has 7 heavy (non-hydrogen) atoms. The van der Waals surface area contributed by atoms with E-state index in [1.165, 1.54) is 0 Å².